The van der Waals surface area contributed by atoms with Crippen LogP contribution in [0.5, 0.6) is 0 Å². The molecule has 1 fully saturated rings. The second-order valence-electron chi connectivity index (χ2n) is 4.47. The van der Waals surface area contributed by atoms with Gasteiger partial charge in [-0.15, -0.1) is 0 Å². The van der Waals surface area contributed by atoms with Gasteiger partial charge in [-0.3, -0.25) is 9.59 Å². The van der Waals surface area contributed by atoms with Crippen LogP contribution in [0.1, 0.15) is 12.8 Å². The third kappa shape index (κ3) is 3.88. The van der Waals surface area contributed by atoms with E-state index in [0.717, 1.165) is 8.61 Å². The fourth-order valence-electron chi connectivity index (χ4n) is 1.91. The third-order valence-corrected chi connectivity index (χ3v) is 5.00. The normalized spacial score (nSPS) is 21.3. The van der Waals surface area contributed by atoms with Crippen molar-refractivity contribution in [3.8, 4) is 0 Å². The van der Waals surface area contributed by atoms with Crippen molar-refractivity contribution in [1.29, 1.82) is 0 Å². The van der Waals surface area contributed by atoms with Crippen molar-refractivity contribution in [2.75, 3.05) is 33.7 Å². The second kappa shape index (κ2) is 6.31. The van der Waals surface area contributed by atoms with Crippen molar-refractivity contribution in [2.45, 2.75) is 12.8 Å². The summed E-state index contributed by atoms with van der Waals surface area (Å²) in [6.45, 7) is -0.0486. The van der Waals surface area contributed by atoms with Crippen molar-refractivity contribution in [1.82, 2.24) is 13.9 Å². The summed E-state index contributed by atoms with van der Waals surface area (Å²) in [6, 6.07) is 0. The van der Waals surface area contributed by atoms with Gasteiger partial charge in [-0.1, -0.05) is 0 Å². The summed E-state index contributed by atoms with van der Waals surface area (Å²) in [5.74, 6) is -2.09. The number of carbonyl (C=O) groups is 2. The Morgan fingerprint density at radius 1 is 1.47 bits per heavy atom. The number of amides is 1. The highest BCUT2D eigenvalue weighted by atomic mass is 32.2. The predicted octanol–water partition coefficient (Wildman–Crippen LogP) is -1.29. The molecule has 0 spiro atoms. The molecular weight excluding hydrogens is 274 g/mol. The van der Waals surface area contributed by atoms with Crippen LogP contribution in [0.25, 0.3) is 0 Å². The van der Waals surface area contributed by atoms with Gasteiger partial charge in [-0.05, 0) is 12.8 Å². The van der Waals surface area contributed by atoms with Gasteiger partial charge >= 0.3 is 5.97 Å². The molecule has 1 unspecified atom stereocenters. The van der Waals surface area contributed by atoms with E-state index in [-0.39, 0.29) is 19.6 Å². The Hall–Kier alpha value is -1.19. The Kier molecular flexibility index (Phi) is 5.27. The van der Waals surface area contributed by atoms with Crippen LogP contribution in [0.4, 0.5) is 0 Å². The Bertz CT molecular complexity index is 450. The highest BCUT2D eigenvalue weighted by Crippen LogP contribution is 2.20. The molecular formula is C10H19N3O5S. The third-order valence-electron chi connectivity index (χ3n) is 3.10. The molecule has 0 aromatic rings. The predicted molar refractivity (Wildman–Crippen MR) is 67.5 cm³/mol. The molecule has 2 N–H and O–H groups in total. The zero-order valence-electron chi connectivity index (χ0n) is 11.0. The molecule has 8 nitrogen and oxygen atoms in total. The lowest BCUT2D eigenvalue weighted by Gasteiger charge is -2.32. The van der Waals surface area contributed by atoms with E-state index in [1.807, 2.05) is 0 Å². The number of hydrogen-bond donors (Lipinski definition) is 2. The lowest BCUT2D eigenvalue weighted by Crippen LogP contribution is -2.49. The van der Waals surface area contributed by atoms with E-state index in [2.05, 4.69) is 5.32 Å². The fraction of sp³-hybridized carbons (Fsp3) is 0.800. The van der Waals surface area contributed by atoms with E-state index in [1.165, 1.54) is 14.1 Å². The minimum Gasteiger partial charge on any atom is -0.481 e. The number of aliphatic carboxylic acids is 1. The molecule has 1 rings (SSSR count). The first-order valence-electron chi connectivity index (χ1n) is 5.93. The van der Waals surface area contributed by atoms with Gasteiger partial charge in [0.15, 0.2) is 0 Å². The van der Waals surface area contributed by atoms with Gasteiger partial charge in [0.2, 0.25) is 5.91 Å². The smallest absolute Gasteiger partial charge is 0.307 e. The number of piperidine rings is 1. The topological polar surface area (TPSA) is 107 Å². The quantitative estimate of drug-likeness (QED) is 0.655. The standard InChI is InChI=1S/C10H19N3O5S/c1-11-9(14)7-12(2)19(17,18)13-5-3-4-8(6-13)10(15)16/h8H,3-7H2,1-2H3,(H,11,14)(H,15,16). The minimum atomic E-state index is -3.79. The van der Waals surface area contributed by atoms with Gasteiger partial charge in [0.1, 0.15) is 0 Å². The monoisotopic (exact) mass is 293 g/mol. The summed E-state index contributed by atoms with van der Waals surface area (Å²) >= 11 is 0. The molecule has 19 heavy (non-hydrogen) atoms. The lowest BCUT2D eigenvalue weighted by atomic mass is 10.0. The number of carbonyl (C=O) groups excluding carboxylic acids is 1. The van der Waals surface area contributed by atoms with Crippen molar-refractivity contribution in [3.05, 3.63) is 0 Å². The van der Waals surface area contributed by atoms with Gasteiger partial charge in [0.25, 0.3) is 10.2 Å². The molecule has 9 heteroatoms. The van der Waals surface area contributed by atoms with E-state index < -0.39 is 28.0 Å². The maximum absolute atomic E-state index is 12.2. The average molecular weight is 293 g/mol. The van der Waals surface area contributed by atoms with Crippen molar-refractivity contribution >= 4 is 22.1 Å². The average Bonchev–Trinajstić information content (AvgIpc) is 2.38. The number of carboxylic acids is 1. The molecule has 0 saturated carbocycles. The summed E-state index contributed by atoms with van der Waals surface area (Å²) in [4.78, 5) is 22.1. The van der Waals surface area contributed by atoms with E-state index in [9.17, 15) is 18.0 Å². The SMILES string of the molecule is CNC(=O)CN(C)S(=O)(=O)N1CCCC(C(=O)O)C1. The Labute approximate surface area is 112 Å². The highest BCUT2D eigenvalue weighted by molar-refractivity contribution is 7.86. The lowest BCUT2D eigenvalue weighted by molar-refractivity contribution is -0.143. The number of rotatable bonds is 5. The van der Waals surface area contributed by atoms with Crippen molar-refractivity contribution < 1.29 is 23.1 Å². The molecule has 1 amide bonds. The van der Waals surface area contributed by atoms with Crippen LogP contribution in [0.2, 0.25) is 0 Å². The zero-order chi connectivity index (χ0) is 14.6. The first kappa shape index (κ1) is 15.9. The molecule has 1 heterocycles. The van der Waals surface area contributed by atoms with Crippen LogP contribution < -0.4 is 5.32 Å². The van der Waals surface area contributed by atoms with E-state index in [1.54, 1.807) is 0 Å². The molecule has 0 aromatic heterocycles. The number of likely N-dealkylation sites (N-methyl/N-ethyl adjacent to an activating group) is 2. The number of carboxylic acid groups (broad SMARTS) is 1. The summed E-state index contributed by atoms with van der Waals surface area (Å²) in [5, 5.41) is 11.3. The largest absolute Gasteiger partial charge is 0.481 e. The molecule has 1 saturated heterocycles. The molecule has 1 aliphatic rings. The molecule has 1 atom stereocenters. The van der Waals surface area contributed by atoms with Gasteiger partial charge in [0, 0.05) is 27.2 Å². The van der Waals surface area contributed by atoms with Crippen LogP contribution in [-0.4, -0.2) is 67.7 Å². The van der Waals surface area contributed by atoms with Gasteiger partial charge in [-0.2, -0.15) is 17.0 Å². The Morgan fingerprint density at radius 2 is 2.11 bits per heavy atom. The fourth-order valence-corrected chi connectivity index (χ4v) is 3.32. The second-order valence-corrected chi connectivity index (χ2v) is 6.51. The van der Waals surface area contributed by atoms with E-state index in [0.29, 0.717) is 12.8 Å². The van der Waals surface area contributed by atoms with Gasteiger partial charge in [0.05, 0.1) is 12.5 Å². The van der Waals surface area contributed by atoms with Crippen LogP contribution in [0, 0.1) is 5.92 Å². The summed E-state index contributed by atoms with van der Waals surface area (Å²) in [5.41, 5.74) is 0. The number of nitrogens with zero attached hydrogens (tertiary/aromatic N) is 2. The maximum atomic E-state index is 12.2. The van der Waals surface area contributed by atoms with E-state index >= 15 is 0 Å². The molecule has 0 radical (unpaired) electrons. The number of nitrogens with one attached hydrogen (secondary N) is 1. The summed E-state index contributed by atoms with van der Waals surface area (Å²) in [6.07, 6.45) is 0.977. The number of hydrogen-bond acceptors (Lipinski definition) is 4. The first-order chi connectivity index (χ1) is 8.78. The van der Waals surface area contributed by atoms with Crippen LogP contribution in [-0.2, 0) is 19.8 Å². The molecule has 0 bridgehead atoms. The van der Waals surface area contributed by atoms with Crippen LogP contribution in [0.15, 0.2) is 0 Å². The van der Waals surface area contributed by atoms with E-state index in [4.69, 9.17) is 5.11 Å². The highest BCUT2D eigenvalue weighted by Gasteiger charge is 2.34. The van der Waals surface area contributed by atoms with Crippen LogP contribution in [0.3, 0.4) is 0 Å². The molecule has 110 valence electrons. The Morgan fingerprint density at radius 3 is 2.63 bits per heavy atom. The minimum absolute atomic E-state index is 0.0459. The van der Waals surface area contributed by atoms with Crippen molar-refractivity contribution in [3.63, 3.8) is 0 Å². The Balaban J connectivity index is 2.76. The molecule has 1 aliphatic heterocycles. The van der Waals surface area contributed by atoms with Gasteiger partial charge in [-0.25, -0.2) is 0 Å². The van der Waals surface area contributed by atoms with Crippen molar-refractivity contribution in [2.24, 2.45) is 5.92 Å². The molecule has 0 aliphatic carbocycles. The summed E-state index contributed by atoms with van der Waals surface area (Å²) in [7, 11) is -1.07. The molecule has 0 aromatic carbocycles. The van der Waals surface area contributed by atoms with Gasteiger partial charge < -0.3 is 10.4 Å². The first-order valence-corrected chi connectivity index (χ1v) is 7.33. The van der Waals surface area contributed by atoms with Crippen LogP contribution >= 0.6 is 0 Å². The maximum Gasteiger partial charge on any atom is 0.307 e. The summed E-state index contributed by atoms with van der Waals surface area (Å²) < 4.78 is 26.4. The zero-order valence-corrected chi connectivity index (χ0v) is 11.8.